The van der Waals surface area contributed by atoms with Gasteiger partial charge in [0.25, 0.3) is 0 Å². The Bertz CT molecular complexity index is 391. The van der Waals surface area contributed by atoms with Gasteiger partial charge >= 0.3 is 0 Å². The number of unbranched alkanes of at least 4 members (excludes halogenated alkanes) is 2. The Morgan fingerprint density at radius 2 is 1.92 bits per heavy atom. The molecule has 3 unspecified atom stereocenters. The number of likely N-dealkylation sites (tertiary alicyclic amines) is 1. The third-order valence-corrected chi connectivity index (χ3v) is 5.15. The zero-order chi connectivity index (χ0) is 17.8. The third kappa shape index (κ3) is 8.12. The molecule has 1 rings (SSSR count). The van der Waals surface area contributed by atoms with E-state index in [2.05, 4.69) is 30.9 Å². The molecule has 0 radical (unpaired) electrons. The largest absolute Gasteiger partial charge is 0.340 e. The van der Waals surface area contributed by atoms with E-state index in [1.54, 1.807) is 0 Å². The van der Waals surface area contributed by atoms with Gasteiger partial charge in [0.1, 0.15) is 6.29 Å². The molecule has 0 aromatic rings. The van der Waals surface area contributed by atoms with Gasteiger partial charge in [0.15, 0.2) is 0 Å². The highest BCUT2D eigenvalue weighted by Gasteiger charge is 2.27. The number of nitrogens with zero attached hydrogens (tertiary/aromatic N) is 1. The lowest BCUT2D eigenvalue weighted by atomic mass is 9.90. The molecule has 0 aromatic heterocycles. The SMILES string of the molecule is CC=CCCCCC(C)CC(CC(C)C=O)N1CCCCCC1=O. The van der Waals surface area contributed by atoms with Crippen LogP contribution in [0, 0.1) is 11.8 Å². The summed E-state index contributed by atoms with van der Waals surface area (Å²) in [5.41, 5.74) is 0. The molecule has 3 heteroatoms. The van der Waals surface area contributed by atoms with Crippen molar-refractivity contribution in [1.82, 2.24) is 4.90 Å². The van der Waals surface area contributed by atoms with E-state index >= 15 is 0 Å². The summed E-state index contributed by atoms with van der Waals surface area (Å²) in [7, 11) is 0. The molecule has 1 aliphatic rings. The van der Waals surface area contributed by atoms with Crippen molar-refractivity contribution in [2.75, 3.05) is 6.54 Å². The topological polar surface area (TPSA) is 37.4 Å². The van der Waals surface area contributed by atoms with Gasteiger partial charge < -0.3 is 9.69 Å². The summed E-state index contributed by atoms with van der Waals surface area (Å²) < 4.78 is 0. The van der Waals surface area contributed by atoms with E-state index in [9.17, 15) is 9.59 Å². The molecular weight excluding hydrogens is 298 g/mol. The molecule has 0 spiro atoms. The molecule has 0 bridgehead atoms. The molecule has 24 heavy (non-hydrogen) atoms. The number of hydrogen-bond acceptors (Lipinski definition) is 2. The van der Waals surface area contributed by atoms with Crippen LogP contribution in [-0.4, -0.2) is 29.7 Å². The summed E-state index contributed by atoms with van der Waals surface area (Å²) in [5.74, 6) is 0.944. The fourth-order valence-electron chi connectivity index (χ4n) is 3.73. The monoisotopic (exact) mass is 335 g/mol. The van der Waals surface area contributed by atoms with Gasteiger partial charge in [-0.2, -0.15) is 0 Å². The van der Waals surface area contributed by atoms with Crippen molar-refractivity contribution < 1.29 is 9.59 Å². The summed E-state index contributed by atoms with van der Waals surface area (Å²) in [6.45, 7) is 7.23. The van der Waals surface area contributed by atoms with Crippen LogP contribution in [0.3, 0.4) is 0 Å². The lowest BCUT2D eigenvalue weighted by Gasteiger charge is -2.34. The van der Waals surface area contributed by atoms with E-state index in [1.165, 1.54) is 25.7 Å². The molecule has 3 nitrogen and oxygen atoms in total. The average Bonchev–Trinajstić information content (AvgIpc) is 2.78. The van der Waals surface area contributed by atoms with Crippen molar-refractivity contribution >= 4 is 12.2 Å². The predicted octanol–water partition coefficient (Wildman–Crippen LogP) is 5.15. The number of rotatable bonds is 11. The fourth-order valence-corrected chi connectivity index (χ4v) is 3.73. The zero-order valence-electron chi connectivity index (χ0n) is 16.0. The van der Waals surface area contributed by atoms with Crippen LogP contribution in [0.15, 0.2) is 12.2 Å². The van der Waals surface area contributed by atoms with E-state index in [-0.39, 0.29) is 12.0 Å². The zero-order valence-corrected chi connectivity index (χ0v) is 16.0. The molecule has 1 amide bonds. The van der Waals surface area contributed by atoms with Gasteiger partial charge in [0, 0.05) is 24.9 Å². The van der Waals surface area contributed by atoms with Gasteiger partial charge in [-0.15, -0.1) is 0 Å². The maximum absolute atomic E-state index is 12.5. The van der Waals surface area contributed by atoms with E-state index < -0.39 is 0 Å². The molecule has 1 aliphatic heterocycles. The first kappa shape index (κ1) is 20.9. The van der Waals surface area contributed by atoms with Gasteiger partial charge in [-0.05, 0) is 51.4 Å². The molecule has 0 saturated carbocycles. The van der Waals surface area contributed by atoms with E-state index in [4.69, 9.17) is 0 Å². The van der Waals surface area contributed by atoms with Crippen molar-refractivity contribution in [2.24, 2.45) is 11.8 Å². The van der Waals surface area contributed by atoms with Crippen LogP contribution in [0.5, 0.6) is 0 Å². The van der Waals surface area contributed by atoms with Crippen LogP contribution in [0.25, 0.3) is 0 Å². The second kappa shape index (κ2) is 12.3. The van der Waals surface area contributed by atoms with Crippen LogP contribution < -0.4 is 0 Å². The number of amides is 1. The molecule has 0 aromatic carbocycles. The van der Waals surface area contributed by atoms with Crippen LogP contribution in [0.4, 0.5) is 0 Å². The van der Waals surface area contributed by atoms with Crippen molar-refractivity contribution in [3.05, 3.63) is 12.2 Å². The molecule has 0 N–H and O–H groups in total. The molecular formula is C21H37NO2. The maximum atomic E-state index is 12.5. The van der Waals surface area contributed by atoms with Crippen LogP contribution >= 0.6 is 0 Å². The molecule has 3 atom stereocenters. The van der Waals surface area contributed by atoms with Gasteiger partial charge in [0.05, 0.1) is 0 Å². The normalized spacial score (nSPS) is 20.0. The first-order chi connectivity index (χ1) is 11.6. The molecule has 0 aliphatic carbocycles. The number of hydrogen-bond donors (Lipinski definition) is 0. The second-order valence-electron chi connectivity index (χ2n) is 7.60. The van der Waals surface area contributed by atoms with Crippen LogP contribution in [-0.2, 0) is 9.59 Å². The Morgan fingerprint density at radius 3 is 2.62 bits per heavy atom. The Labute approximate surface area is 148 Å². The van der Waals surface area contributed by atoms with Crippen molar-refractivity contribution in [3.63, 3.8) is 0 Å². The highest BCUT2D eigenvalue weighted by atomic mass is 16.2. The summed E-state index contributed by atoms with van der Waals surface area (Å²) in [4.78, 5) is 25.7. The number of aldehydes is 1. The first-order valence-corrected chi connectivity index (χ1v) is 9.94. The first-order valence-electron chi connectivity index (χ1n) is 9.94. The Hall–Kier alpha value is -1.12. The minimum Gasteiger partial charge on any atom is -0.340 e. The molecule has 1 saturated heterocycles. The molecule has 1 fully saturated rings. The Balaban J connectivity index is 2.57. The number of carbonyl (C=O) groups is 2. The summed E-state index contributed by atoms with van der Waals surface area (Å²) in [6.07, 6.45) is 16.1. The highest BCUT2D eigenvalue weighted by Crippen LogP contribution is 2.25. The minimum absolute atomic E-state index is 0.0351. The van der Waals surface area contributed by atoms with Gasteiger partial charge in [-0.25, -0.2) is 0 Å². The minimum atomic E-state index is 0.0351. The third-order valence-electron chi connectivity index (χ3n) is 5.15. The predicted molar refractivity (Wildman–Crippen MR) is 101 cm³/mol. The van der Waals surface area contributed by atoms with Gasteiger partial charge in [-0.3, -0.25) is 4.79 Å². The maximum Gasteiger partial charge on any atom is 0.222 e. The summed E-state index contributed by atoms with van der Waals surface area (Å²) >= 11 is 0. The Kier molecular flexibility index (Phi) is 10.7. The lowest BCUT2D eigenvalue weighted by Crippen LogP contribution is -2.42. The van der Waals surface area contributed by atoms with Gasteiger partial charge in [0.2, 0.25) is 5.91 Å². The standard InChI is InChI=1S/C21H37NO2/c1-4-5-6-7-9-12-18(2)15-20(16-19(3)17-23)22-14-11-8-10-13-21(22)24/h4-5,17-20H,6-16H2,1-3H3. The van der Waals surface area contributed by atoms with E-state index in [1.807, 2.05) is 6.92 Å². The summed E-state index contributed by atoms with van der Waals surface area (Å²) in [6, 6.07) is 0.237. The van der Waals surface area contributed by atoms with Crippen molar-refractivity contribution in [1.29, 1.82) is 0 Å². The highest BCUT2D eigenvalue weighted by molar-refractivity contribution is 5.76. The van der Waals surface area contributed by atoms with E-state index in [0.29, 0.717) is 18.2 Å². The molecule has 138 valence electrons. The molecule has 1 heterocycles. The number of carbonyl (C=O) groups excluding carboxylic acids is 2. The van der Waals surface area contributed by atoms with Crippen molar-refractivity contribution in [3.8, 4) is 0 Å². The van der Waals surface area contributed by atoms with Crippen LogP contribution in [0.2, 0.25) is 0 Å². The fraction of sp³-hybridized carbons (Fsp3) is 0.810. The smallest absolute Gasteiger partial charge is 0.222 e. The quantitative estimate of drug-likeness (QED) is 0.298. The van der Waals surface area contributed by atoms with Crippen molar-refractivity contribution in [2.45, 2.75) is 91.0 Å². The van der Waals surface area contributed by atoms with Crippen LogP contribution in [0.1, 0.15) is 85.0 Å². The number of allylic oxidation sites excluding steroid dienone is 2. The summed E-state index contributed by atoms with van der Waals surface area (Å²) in [5, 5.41) is 0. The van der Waals surface area contributed by atoms with E-state index in [0.717, 1.165) is 44.9 Å². The Morgan fingerprint density at radius 1 is 1.12 bits per heavy atom. The van der Waals surface area contributed by atoms with Gasteiger partial charge in [-0.1, -0.05) is 45.3 Å². The lowest BCUT2D eigenvalue weighted by molar-refractivity contribution is -0.134. The average molecular weight is 336 g/mol. The second-order valence-corrected chi connectivity index (χ2v) is 7.60.